The van der Waals surface area contributed by atoms with Gasteiger partial charge in [0.15, 0.2) is 0 Å². The van der Waals surface area contributed by atoms with Gasteiger partial charge in [0.05, 0.1) is 11.8 Å². The molecule has 2 rings (SSSR count). The molecule has 0 amide bonds. The van der Waals surface area contributed by atoms with Gasteiger partial charge in [-0.2, -0.15) is 13.1 Å². The summed E-state index contributed by atoms with van der Waals surface area (Å²) in [6, 6.07) is 2.03. The summed E-state index contributed by atoms with van der Waals surface area (Å²) in [5.41, 5.74) is 10.7. The van der Waals surface area contributed by atoms with Crippen molar-refractivity contribution in [1.82, 2.24) is 4.73 Å². The van der Waals surface area contributed by atoms with Gasteiger partial charge in [-0.3, -0.25) is 4.28 Å². The van der Waals surface area contributed by atoms with E-state index < -0.39 is 10.1 Å². The van der Waals surface area contributed by atoms with Gasteiger partial charge in [0.25, 0.3) is 0 Å². The van der Waals surface area contributed by atoms with Crippen molar-refractivity contribution < 1.29 is 12.7 Å². The first-order valence-corrected chi connectivity index (χ1v) is 8.27. The number of nitrogens with two attached hydrogens (primary N) is 1. The van der Waals surface area contributed by atoms with Gasteiger partial charge >= 0.3 is 10.1 Å². The minimum absolute atomic E-state index is 0.504. The van der Waals surface area contributed by atoms with Crippen LogP contribution in [0.5, 0.6) is 0 Å². The van der Waals surface area contributed by atoms with E-state index in [4.69, 9.17) is 10.0 Å². The summed E-state index contributed by atoms with van der Waals surface area (Å²) >= 11 is 0. The van der Waals surface area contributed by atoms with Crippen LogP contribution in [0.15, 0.2) is 12.3 Å². The minimum atomic E-state index is -3.58. The Morgan fingerprint density at radius 2 is 1.90 bits per heavy atom. The Morgan fingerprint density at radius 3 is 2.45 bits per heavy atom. The summed E-state index contributed by atoms with van der Waals surface area (Å²) in [6.07, 6.45) is 3.44. The third-order valence-electron chi connectivity index (χ3n) is 3.45. The zero-order chi connectivity index (χ0) is 15.1. The lowest BCUT2D eigenvalue weighted by Crippen LogP contribution is -2.18. The van der Waals surface area contributed by atoms with E-state index in [1.807, 2.05) is 26.8 Å². The molecule has 0 aliphatic rings. The lowest BCUT2D eigenvalue weighted by molar-refractivity contribution is 0.295. The average molecular weight is 296 g/mol. The summed E-state index contributed by atoms with van der Waals surface area (Å²) in [7, 11) is -3.58. The second-order valence-electron chi connectivity index (χ2n) is 5.16. The minimum Gasteiger partial charge on any atom is -0.330 e. The van der Waals surface area contributed by atoms with Crippen molar-refractivity contribution >= 4 is 21.0 Å². The normalized spacial score (nSPS) is 12.1. The average Bonchev–Trinajstić information content (AvgIpc) is 2.63. The van der Waals surface area contributed by atoms with Gasteiger partial charge in [0.2, 0.25) is 0 Å². The van der Waals surface area contributed by atoms with Crippen molar-refractivity contribution in [3.05, 3.63) is 34.5 Å². The molecule has 2 N–H and O–H groups in total. The van der Waals surface area contributed by atoms with Crippen molar-refractivity contribution in [2.45, 2.75) is 27.2 Å². The molecule has 0 aliphatic carbocycles. The molecular formula is C14H20N2O3S. The third-order valence-corrected chi connectivity index (χ3v) is 3.89. The number of fused-ring (bicyclic) bond motifs is 1. The summed E-state index contributed by atoms with van der Waals surface area (Å²) in [6.45, 7) is 6.53. The van der Waals surface area contributed by atoms with Crippen molar-refractivity contribution in [3.8, 4) is 0 Å². The van der Waals surface area contributed by atoms with E-state index >= 15 is 0 Å². The largest absolute Gasteiger partial charge is 0.330 e. The van der Waals surface area contributed by atoms with E-state index in [9.17, 15) is 8.42 Å². The molecule has 0 saturated carbocycles. The fourth-order valence-electron chi connectivity index (χ4n) is 2.57. The Bertz CT molecular complexity index is 761. The molecule has 1 heterocycles. The molecule has 1 aromatic heterocycles. The van der Waals surface area contributed by atoms with E-state index in [-0.39, 0.29) is 0 Å². The quantitative estimate of drug-likeness (QED) is 0.927. The molecule has 0 bridgehead atoms. The first-order valence-electron chi connectivity index (χ1n) is 6.45. The number of nitrogens with zero attached hydrogens (tertiary/aromatic N) is 1. The molecule has 0 saturated heterocycles. The molecule has 20 heavy (non-hydrogen) atoms. The molecule has 0 fully saturated rings. The molecule has 5 nitrogen and oxygen atoms in total. The van der Waals surface area contributed by atoms with Crippen molar-refractivity contribution in [2.75, 3.05) is 12.8 Å². The predicted molar refractivity (Wildman–Crippen MR) is 80.3 cm³/mol. The second-order valence-corrected chi connectivity index (χ2v) is 6.71. The van der Waals surface area contributed by atoms with Crippen LogP contribution in [-0.4, -0.2) is 25.9 Å². The highest BCUT2D eigenvalue weighted by Crippen LogP contribution is 2.30. The number of aromatic nitrogens is 1. The van der Waals surface area contributed by atoms with E-state index in [1.165, 1.54) is 10.3 Å². The topological polar surface area (TPSA) is 74.3 Å². The van der Waals surface area contributed by atoms with Gasteiger partial charge in [0, 0.05) is 11.6 Å². The highest BCUT2D eigenvalue weighted by Gasteiger charge is 2.17. The molecule has 110 valence electrons. The molecule has 0 radical (unpaired) electrons. The van der Waals surface area contributed by atoms with Crippen LogP contribution in [0, 0.1) is 20.8 Å². The second kappa shape index (κ2) is 5.10. The molecule has 0 atom stereocenters. The number of rotatable bonds is 4. The Kier molecular flexibility index (Phi) is 3.80. The maximum absolute atomic E-state index is 11.4. The van der Waals surface area contributed by atoms with Crippen LogP contribution in [0.4, 0.5) is 0 Å². The third kappa shape index (κ3) is 2.66. The zero-order valence-corrected chi connectivity index (χ0v) is 13.0. The number of benzene rings is 1. The number of hydrogen-bond donors (Lipinski definition) is 1. The van der Waals surface area contributed by atoms with Gasteiger partial charge in [-0.15, -0.1) is 0 Å². The van der Waals surface area contributed by atoms with Crippen molar-refractivity contribution in [3.63, 3.8) is 0 Å². The molecule has 6 heteroatoms. The summed E-state index contributed by atoms with van der Waals surface area (Å²) in [5, 5.41) is 1.04. The zero-order valence-electron chi connectivity index (χ0n) is 12.2. The van der Waals surface area contributed by atoms with Crippen LogP contribution in [0.1, 0.15) is 22.3 Å². The Balaban J connectivity index is 2.81. The number of aryl methyl sites for hydroxylation is 3. The fourth-order valence-corrected chi connectivity index (χ4v) is 2.98. The lowest BCUT2D eigenvalue weighted by atomic mass is 9.98. The Morgan fingerprint density at radius 1 is 1.25 bits per heavy atom. The predicted octanol–water partition coefficient (Wildman–Crippen LogP) is 1.46. The highest BCUT2D eigenvalue weighted by atomic mass is 32.2. The van der Waals surface area contributed by atoms with Crippen molar-refractivity contribution in [2.24, 2.45) is 5.73 Å². The molecule has 0 spiro atoms. The van der Waals surface area contributed by atoms with Crippen LogP contribution in [0.3, 0.4) is 0 Å². The van der Waals surface area contributed by atoms with Gasteiger partial charge in [0.1, 0.15) is 0 Å². The van der Waals surface area contributed by atoms with Crippen LogP contribution >= 0.6 is 0 Å². The van der Waals surface area contributed by atoms with Crippen LogP contribution in [0.2, 0.25) is 0 Å². The molecule has 2 aromatic rings. The maximum atomic E-state index is 11.4. The Labute approximate surface area is 119 Å². The molecule has 0 aliphatic heterocycles. The van der Waals surface area contributed by atoms with Gasteiger partial charge in [-0.25, -0.2) is 0 Å². The Hall–Kier alpha value is -1.53. The highest BCUT2D eigenvalue weighted by molar-refractivity contribution is 7.86. The monoisotopic (exact) mass is 296 g/mol. The van der Waals surface area contributed by atoms with Crippen LogP contribution < -0.4 is 10.0 Å². The van der Waals surface area contributed by atoms with Gasteiger partial charge in [-0.05, 0) is 56.0 Å². The molecule has 0 unspecified atom stereocenters. The first-order chi connectivity index (χ1) is 9.24. The summed E-state index contributed by atoms with van der Waals surface area (Å²) in [4.78, 5) is 0. The van der Waals surface area contributed by atoms with E-state index in [1.54, 1.807) is 6.20 Å². The fraction of sp³-hybridized carbons (Fsp3) is 0.429. The molecule has 1 aromatic carbocycles. The van der Waals surface area contributed by atoms with Crippen molar-refractivity contribution in [1.29, 1.82) is 0 Å². The van der Waals surface area contributed by atoms with E-state index in [0.717, 1.165) is 33.8 Å². The van der Waals surface area contributed by atoms with Gasteiger partial charge < -0.3 is 5.73 Å². The standard InChI is InChI=1S/C14H20N2O3S/c1-9-7-10(2)14-13(11(9)3)12(5-6-15)8-16(14)19-20(4,17)18/h7-8H,5-6,15H2,1-4H3. The smallest absolute Gasteiger partial charge is 0.324 e. The summed E-state index contributed by atoms with van der Waals surface area (Å²) in [5.74, 6) is 0. The number of hydrogen-bond acceptors (Lipinski definition) is 4. The first kappa shape index (κ1) is 14.9. The van der Waals surface area contributed by atoms with E-state index in [2.05, 4.69) is 0 Å². The molecular weight excluding hydrogens is 276 g/mol. The van der Waals surface area contributed by atoms with Crippen LogP contribution in [-0.2, 0) is 16.5 Å². The SMILES string of the molecule is Cc1cc(C)c2c(c(CCN)cn2OS(C)(=O)=O)c1C. The lowest BCUT2D eigenvalue weighted by Gasteiger charge is -2.10. The van der Waals surface area contributed by atoms with Gasteiger partial charge in [-0.1, -0.05) is 6.07 Å². The van der Waals surface area contributed by atoms with E-state index in [0.29, 0.717) is 13.0 Å². The van der Waals surface area contributed by atoms with Crippen LogP contribution in [0.25, 0.3) is 10.9 Å². The summed E-state index contributed by atoms with van der Waals surface area (Å²) < 4.78 is 29.2. The maximum Gasteiger partial charge on any atom is 0.324 e.